The summed E-state index contributed by atoms with van der Waals surface area (Å²) in [6, 6.07) is 0. The fourth-order valence-corrected chi connectivity index (χ4v) is 5.70. The summed E-state index contributed by atoms with van der Waals surface area (Å²) in [5.41, 5.74) is 10.5. The van der Waals surface area contributed by atoms with E-state index in [-0.39, 0.29) is 11.8 Å². The smallest absolute Gasteiger partial charge is 0.217 e. The molecule has 0 heterocycles. The van der Waals surface area contributed by atoms with Crippen molar-refractivity contribution in [3.8, 4) is 23.7 Å². The van der Waals surface area contributed by atoms with Gasteiger partial charge in [0.25, 0.3) is 0 Å². The van der Waals surface area contributed by atoms with Gasteiger partial charge in [-0.25, -0.2) is 0 Å². The van der Waals surface area contributed by atoms with Crippen molar-refractivity contribution in [3.05, 3.63) is 0 Å². The van der Waals surface area contributed by atoms with E-state index >= 15 is 0 Å². The molecule has 0 saturated carbocycles. The molecule has 4 nitrogen and oxygen atoms in total. The molecule has 0 aromatic rings. The number of hydrogen-bond donors (Lipinski definition) is 2. The minimum absolute atomic E-state index is 0.173. The quantitative estimate of drug-likeness (QED) is 0.0627. The molecule has 0 bridgehead atoms. The average Bonchev–Trinajstić information content (AvgIpc) is 2.96. The second-order valence-electron chi connectivity index (χ2n) is 12.5. The van der Waals surface area contributed by atoms with Crippen LogP contribution in [0.5, 0.6) is 0 Å². The third-order valence-electron chi connectivity index (χ3n) is 8.38. The van der Waals surface area contributed by atoms with Crippen LogP contribution in [0.4, 0.5) is 0 Å². The molecule has 0 atom stereocenters. The van der Waals surface area contributed by atoms with Gasteiger partial charge >= 0.3 is 0 Å². The van der Waals surface area contributed by atoms with E-state index in [0.717, 1.165) is 44.4 Å². The molecule has 4 N–H and O–H groups in total. The van der Waals surface area contributed by atoms with E-state index in [4.69, 9.17) is 11.5 Å². The van der Waals surface area contributed by atoms with E-state index in [2.05, 4.69) is 30.6 Å². The Hall–Kier alpha value is -1.94. The lowest BCUT2D eigenvalue weighted by atomic mass is 9.89. The Balaban J connectivity index is 3.90. The second-order valence-corrected chi connectivity index (χ2v) is 12.5. The first kappa shape index (κ1) is 40.1. The first-order valence-electron chi connectivity index (χ1n) is 18.1. The molecule has 42 heavy (non-hydrogen) atoms. The van der Waals surface area contributed by atoms with Crippen molar-refractivity contribution >= 4 is 11.8 Å². The molecule has 0 unspecified atom stereocenters. The highest BCUT2D eigenvalue weighted by atomic mass is 16.1. The van der Waals surface area contributed by atoms with Crippen molar-refractivity contribution in [1.82, 2.24) is 0 Å². The molecule has 0 aliphatic carbocycles. The summed E-state index contributed by atoms with van der Waals surface area (Å²) in [5.74, 6) is 13.1. The van der Waals surface area contributed by atoms with Crippen molar-refractivity contribution in [3.63, 3.8) is 0 Å². The molecule has 0 fully saturated rings. The van der Waals surface area contributed by atoms with Gasteiger partial charge in [0.05, 0.1) is 0 Å². The van der Waals surface area contributed by atoms with E-state index in [1.165, 1.54) is 141 Å². The van der Waals surface area contributed by atoms with Gasteiger partial charge < -0.3 is 11.5 Å². The molecule has 242 valence electrons. The van der Waals surface area contributed by atoms with Crippen LogP contribution in [-0.4, -0.2) is 11.8 Å². The lowest BCUT2D eigenvalue weighted by Gasteiger charge is -2.17. The monoisotopic (exact) mass is 585 g/mol. The largest absolute Gasteiger partial charge is 0.370 e. The van der Waals surface area contributed by atoms with Crippen LogP contribution >= 0.6 is 0 Å². The van der Waals surface area contributed by atoms with Gasteiger partial charge in [0.15, 0.2) is 0 Å². The number of rotatable bonds is 31. The van der Waals surface area contributed by atoms with Crippen LogP contribution in [0.2, 0.25) is 0 Å². The van der Waals surface area contributed by atoms with Gasteiger partial charge in [0.1, 0.15) is 0 Å². The SMILES string of the molecule is CCCCCCCCCC#CC#CCCCCCCCCC(CCCCCCCC(N)=O)CCCCCCCC(N)=O. The predicted molar refractivity (Wildman–Crippen MR) is 182 cm³/mol. The van der Waals surface area contributed by atoms with Crippen molar-refractivity contribution in [2.45, 2.75) is 200 Å². The minimum atomic E-state index is -0.173. The molecule has 0 aromatic heterocycles. The highest BCUT2D eigenvalue weighted by Gasteiger charge is 2.09. The minimum Gasteiger partial charge on any atom is -0.370 e. The molecular weight excluding hydrogens is 516 g/mol. The topological polar surface area (TPSA) is 86.2 Å². The summed E-state index contributed by atoms with van der Waals surface area (Å²) < 4.78 is 0. The van der Waals surface area contributed by atoms with Crippen LogP contribution in [-0.2, 0) is 9.59 Å². The summed E-state index contributed by atoms with van der Waals surface area (Å²) in [5, 5.41) is 0. The van der Waals surface area contributed by atoms with Crippen LogP contribution in [0.15, 0.2) is 0 Å². The Morgan fingerprint density at radius 3 is 1.12 bits per heavy atom. The molecule has 2 amide bonds. The fraction of sp³-hybridized carbons (Fsp3) is 0.842. The Morgan fingerprint density at radius 1 is 0.452 bits per heavy atom. The summed E-state index contributed by atoms with van der Waals surface area (Å²) >= 11 is 0. The van der Waals surface area contributed by atoms with Crippen LogP contribution in [0.25, 0.3) is 0 Å². The number of amides is 2. The molecule has 0 aromatic carbocycles. The van der Waals surface area contributed by atoms with Crippen LogP contribution in [0.3, 0.4) is 0 Å². The number of unbranched alkanes of at least 4 members (excludes halogenated alkanes) is 21. The van der Waals surface area contributed by atoms with Crippen molar-refractivity contribution in [2.75, 3.05) is 0 Å². The average molecular weight is 585 g/mol. The van der Waals surface area contributed by atoms with Crippen LogP contribution in [0.1, 0.15) is 200 Å². The van der Waals surface area contributed by atoms with Crippen LogP contribution < -0.4 is 11.5 Å². The zero-order valence-electron chi connectivity index (χ0n) is 27.8. The molecule has 4 heteroatoms. The maximum absolute atomic E-state index is 10.9. The van der Waals surface area contributed by atoms with E-state index in [9.17, 15) is 9.59 Å². The number of carbonyl (C=O) groups is 2. The van der Waals surface area contributed by atoms with E-state index in [1.54, 1.807) is 0 Å². The normalized spacial score (nSPS) is 10.7. The van der Waals surface area contributed by atoms with Crippen LogP contribution in [0, 0.1) is 29.6 Å². The maximum atomic E-state index is 10.9. The lowest BCUT2D eigenvalue weighted by Crippen LogP contribution is -2.09. The number of hydrogen-bond acceptors (Lipinski definition) is 2. The summed E-state index contributed by atoms with van der Waals surface area (Å²) in [7, 11) is 0. The number of primary amides is 2. The summed E-state index contributed by atoms with van der Waals surface area (Å²) in [4.78, 5) is 21.8. The molecule has 0 rings (SSSR count). The number of carbonyl (C=O) groups excluding carboxylic acids is 2. The van der Waals surface area contributed by atoms with Crippen molar-refractivity contribution in [1.29, 1.82) is 0 Å². The molecular formula is C38H68N2O2. The maximum Gasteiger partial charge on any atom is 0.217 e. The van der Waals surface area contributed by atoms with Gasteiger partial charge in [-0.2, -0.15) is 0 Å². The third kappa shape index (κ3) is 34.3. The first-order chi connectivity index (χ1) is 20.6. The Bertz CT molecular complexity index is 712. The molecule has 0 spiro atoms. The van der Waals surface area contributed by atoms with Crippen molar-refractivity contribution in [2.24, 2.45) is 17.4 Å². The van der Waals surface area contributed by atoms with Gasteiger partial charge in [0.2, 0.25) is 11.8 Å². The Kier molecular flexibility index (Phi) is 32.0. The van der Waals surface area contributed by atoms with Gasteiger partial charge in [-0.1, -0.05) is 160 Å². The number of nitrogens with two attached hydrogens (primary N) is 2. The molecule has 0 saturated heterocycles. The van der Waals surface area contributed by atoms with E-state index < -0.39 is 0 Å². The van der Waals surface area contributed by atoms with Gasteiger partial charge in [-0.3, -0.25) is 9.59 Å². The lowest BCUT2D eigenvalue weighted by molar-refractivity contribution is -0.119. The Labute approximate surface area is 261 Å². The van der Waals surface area contributed by atoms with Gasteiger partial charge in [-0.05, 0) is 43.4 Å². The molecule has 0 aliphatic rings. The standard InChI is InChI=1S/C38H68N2O2/c1-2-3-4-5-6-7-8-9-10-11-12-13-14-15-16-17-18-21-26-31-36(32-27-22-19-24-29-34-37(39)41)33-28-23-20-25-30-35-38(40)42/h36H,2-9,14-35H2,1H3,(H2,39,41)(H2,40,42). The zero-order chi connectivity index (χ0) is 30.8. The van der Waals surface area contributed by atoms with Crippen molar-refractivity contribution < 1.29 is 9.59 Å². The summed E-state index contributed by atoms with van der Waals surface area (Å²) in [6.45, 7) is 2.27. The molecule has 0 aliphatic heterocycles. The third-order valence-corrected chi connectivity index (χ3v) is 8.38. The summed E-state index contributed by atoms with van der Waals surface area (Å²) in [6.07, 6.45) is 36.1. The first-order valence-corrected chi connectivity index (χ1v) is 18.1. The predicted octanol–water partition coefficient (Wildman–Crippen LogP) is 10.3. The van der Waals surface area contributed by atoms with E-state index in [0.29, 0.717) is 12.8 Å². The fourth-order valence-electron chi connectivity index (χ4n) is 5.70. The van der Waals surface area contributed by atoms with Gasteiger partial charge in [0, 0.05) is 25.7 Å². The second kappa shape index (κ2) is 33.6. The highest BCUT2D eigenvalue weighted by molar-refractivity contribution is 5.73. The van der Waals surface area contributed by atoms with E-state index in [1.807, 2.05) is 0 Å². The van der Waals surface area contributed by atoms with Gasteiger partial charge in [-0.15, -0.1) is 0 Å². The highest BCUT2D eigenvalue weighted by Crippen LogP contribution is 2.25. The Morgan fingerprint density at radius 2 is 0.762 bits per heavy atom. The zero-order valence-corrected chi connectivity index (χ0v) is 27.8. The molecule has 0 radical (unpaired) electrons.